The van der Waals surface area contributed by atoms with E-state index in [1.165, 1.54) is 13.8 Å². The molecule has 0 aromatic carbocycles. The summed E-state index contributed by atoms with van der Waals surface area (Å²) in [5, 5.41) is 7.65. The van der Waals surface area contributed by atoms with Gasteiger partial charge in [-0.3, -0.25) is 9.59 Å². The average Bonchev–Trinajstić information content (AvgIpc) is 2.81. The molecule has 4 N–H and O–H groups in total. The summed E-state index contributed by atoms with van der Waals surface area (Å²) in [5.74, 6) is -1.06. The van der Waals surface area contributed by atoms with Crippen LogP contribution in [0.4, 0.5) is 38.0 Å². The van der Waals surface area contributed by atoms with E-state index in [0.717, 1.165) is 6.20 Å². The minimum Gasteiger partial charge on any atom is -0.378 e. The molecule has 2 atom stereocenters. The van der Waals surface area contributed by atoms with Crippen LogP contribution in [0.15, 0.2) is 23.4 Å². The van der Waals surface area contributed by atoms with E-state index in [1.807, 2.05) is 0 Å². The van der Waals surface area contributed by atoms with Crippen molar-refractivity contribution in [2.75, 3.05) is 29.9 Å². The molecule has 1 fully saturated rings. The number of nitrogens with zero attached hydrogens (tertiary/aromatic N) is 4. The normalized spacial score (nSPS) is 17.8. The Bertz CT molecular complexity index is 1150. The number of piperidine rings is 1. The third-order valence-electron chi connectivity index (χ3n) is 6.19. The second-order valence-corrected chi connectivity index (χ2v) is 8.84. The summed E-state index contributed by atoms with van der Waals surface area (Å²) in [6, 6.07) is -0.774. The topological polar surface area (TPSA) is 139 Å². The third kappa shape index (κ3) is 6.47. The van der Waals surface area contributed by atoms with Crippen molar-refractivity contribution in [2.24, 2.45) is 11.7 Å². The van der Waals surface area contributed by atoms with Crippen molar-refractivity contribution < 1.29 is 35.9 Å². The largest absolute Gasteiger partial charge is 0.423 e. The molecule has 204 valence electrons. The highest BCUT2D eigenvalue weighted by atomic mass is 19.4. The van der Waals surface area contributed by atoms with E-state index < -0.39 is 58.2 Å². The van der Waals surface area contributed by atoms with Crippen LogP contribution in [0, 0.1) is 5.92 Å². The number of carbonyl (C=O) groups is 1. The number of ether oxygens (including phenoxy) is 1. The summed E-state index contributed by atoms with van der Waals surface area (Å²) in [6.07, 6.45) is -6.54. The van der Waals surface area contributed by atoms with Gasteiger partial charge in [0, 0.05) is 37.4 Å². The number of aromatic amines is 1. The average molecular weight is 537 g/mol. The Balaban J connectivity index is 1.63. The Morgan fingerprint density at radius 3 is 2.27 bits per heavy atom. The number of H-pyrrole nitrogens is 1. The van der Waals surface area contributed by atoms with Gasteiger partial charge in [-0.2, -0.15) is 31.4 Å². The van der Waals surface area contributed by atoms with Crippen LogP contribution < -0.4 is 21.5 Å². The summed E-state index contributed by atoms with van der Waals surface area (Å²) in [6.45, 7) is 3.36. The van der Waals surface area contributed by atoms with Crippen molar-refractivity contribution in [3.05, 3.63) is 40.1 Å². The number of nitrogens with one attached hydrogen (secondary N) is 2. The highest BCUT2D eigenvalue weighted by Gasteiger charge is 2.43. The summed E-state index contributed by atoms with van der Waals surface area (Å²) in [7, 11) is 0. The lowest BCUT2D eigenvalue weighted by atomic mass is 9.81. The SMILES string of the molecule is C[C@@H](COC(C)(C(N)=O)C1CCN(c2ncc(C(F)(F)F)cn2)CC1)Nc1cn[nH]c(=O)c1C(F)(F)F. The minimum atomic E-state index is -4.92. The maximum Gasteiger partial charge on any atom is 0.423 e. The molecule has 1 saturated heterocycles. The third-order valence-corrected chi connectivity index (χ3v) is 6.19. The number of halogens is 6. The van der Waals surface area contributed by atoms with Gasteiger partial charge in [-0.05, 0) is 26.7 Å². The molecule has 0 radical (unpaired) electrons. The van der Waals surface area contributed by atoms with Gasteiger partial charge in [-0.1, -0.05) is 0 Å². The number of primary amides is 1. The van der Waals surface area contributed by atoms with E-state index in [-0.39, 0.29) is 12.6 Å². The van der Waals surface area contributed by atoms with Crippen LogP contribution in [-0.4, -0.2) is 57.4 Å². The number of alkyl halides is 6. The molecular formula is C21H25F6N7O3. The van der Waals surface area contributed by atoms with Crippen molar-refractivity contribution in [3.8, 4) is 0 Å². The van der Waals surface area contributed by atoms with E-state index in [1.54, 1.807) is 10.00 Å². The summed E-state index contributed by atoms with van der Waals surface area (Å²) in [5.41, 5.74) is -0.233. The smallest absolute Gasteiger partial charge is 0.378 e. The van der Waals surface area contributed by atoms with Crippen molar-refractivity contribution in [2.45, 2.75) is 50.7 Å². The van der Waals surface area contributed by atoms with Gasteiger partial charge in [-0.25, -0.2) is 15.1 Å². The lowest BCUT2D eigenvalue weighted by molar-refractivity contribution is -0.151. The van der Waals surface area contributed by atoms with Crippen LogP contribution in [0.25, 0.3) is 0 Å². The Morgan fingerprint density at radius 2 is 1.76 bits per heavy atom. The minimum absolute atomic E-state index is 0.109. The van der Waals surface area contributed by atoms with E-state index in [0.29, 0.717) is 38.3 Å². The summed E-state index contributed by atoms with van der Waals surface area (Å²) < 4.78 is 83.8. The number of aromatic nitrogens is 4. The second kappa shape index (κ2) is 10.5. The molecule has 1 aliphatic rings. The number of carbonyl (C=O) groups excluding carboxylic acids is 1. The highest BCUT2D eigenvalue weighted by molar-refractivity contribution is 5.83. The maximum atomic E-state index is 13.3. The van der Waals surface area contributed by atoms with Crippen LogP contribution in [0.3, 0.4) is 0 Å². The Kier molecular flexibility index (Phi) is 8.00. The van der Waals surface area contributed by atoms with E-state index in [9.17, 15) is 35.9 Å². The van der Waals surface area contributed by atoms with Gasteiger partial charge in [0.1, 0.15) is 11.2 Å². The molecule has 3 heterocycles. The summed E-state index contributed by atoms with van der Waals surface area (Å²) >= 11 is 0. The van der Waals surface area contributed by atoms with Gasteiger partial charge in [0.25, 0.3) is 5.56 Å². The molecule has 2 aromatic heterocycles. The van der Waals surface area contributed by atoms with Crippen LogP contribution in [0.1, 0.15) is 37.8 Å². The highest BCUT2D eigenvalue weighted by Crippen LogP contribution is 2.34. The number of rotatable bonds is 8. The molecule has 1 aliphatic heterocycles. The Morgan fingerprint density at radius 1 is 1.16 bits per heavy atom. The van der Waals surface area contributed by atoms with Gasteiger partial charge in [-0.15, -0.1) is 0 Å². The number of anilines is 2. The molecule has 0 bridgehead atoms. The first-order valence-corrected chi connectivity index (χ1v) is 11.1. The van der Waals surface area contributed by atoms with Gasteiger partial charge < -0.3 is 20.7 Å². The number of hydrogen-bond acceptors (Lipinski definition) is 8. The molecular weight excluding hydrogens is 512 g/mol. The zero-order chi connectivity index (χ0) is 27.6. The van der Waals surface area contributed by atoms with Gasteiger partial charge in [0.2, 0.25) is 11.9 Å². The number of amides is 1. The molecule has 2 aromatic rings. The first-order chi connectivity index (χ1) is 17.1. The van der Waals surface area contributed by atoms with E-state index in [4.69, 9.17) is 10.5 Å². The number of nitrogens with two attached hydrogens (primary N) is 1. The van der Waals surface area contributed by atoms with Crippen molar-refractivity contribution in [3.63, 3.8) is 0 Å². The molecule has 3 rings (SSSR count). The zero-order valence-corrected chi connectivity index (χ0v) is 19.8. The molecule has 1 amide bonds. The van der Waals surface area contributed by atoms with Crippen molar-refractivity contribution in [1.29, 1.82) is 0 Å². The van der Waals surface area contributed by atoms with Crippen molar-refractivity contribution >= 4 is 17.5 Å². The lowest BCUT2D eigenvalue weighted by Crippen LogP contribution is -2.54. The molecule has 37 heavy (non-hydrogen) atoms. The second-order valence-electron chi connectivity index (χ2n) is 8.84. The first kappa shape index (κ1) is 28.1. The molecule has 0 aliphatic carbocycles. The van der Waals surface area contributed by atoms with E-state index in [2.05, 4.69) is 20.4 Å². The van der Waals surface area contributed by atoms with Crippen molar-refractivity contribution in [1.82, 2.24) is 20.2 Å². The standard InChI is InChI=1S/C21H25F6N7O3/c1-11(32-14-9-31-33-16(35)15(14)21(25,26)27)10-37-19(2,17(28)36)12-3-5-34(6-4-12)18-29-7-13(8-30-18)20(22,23)24/h7-9,11-12H,3-6,10H2,1-2H3,(H2,28,36)(H2,32,33,35)/t11-,19?/m0/s1. The molecule has 10 nitrogen and oxygen atoms in total. The molecule has 1 unspecified atom stereocenters. The van der Waals surface area contributed by atoms with Crippen LogP contribution >= 0.6 is 0 Å². The van der Waals surface area contributed by atoms with Gasteiger partial charge >= 0.3 is 12.4 Å². The molecule has 16 heteroatoms. The fourth-order valence-corrected chi connectivity index (χ4v) is 4.05. The quantitative estimate of drug-likeness (QED) is 0.437. The van der Waals surface area contributed by atoms with E-state index >= 15 is 0 Å². The Hall–Kier alpha value is -3.43. The monoisotopic (exact) mass is 537 g/mol. The lowest BCUT2D eigenvalue weighted by Gasteiger charge is -2.41. The van der Waals surface area contributed by atoms with Crippen LogP contribution in [0.2, 0.25) is 0 Å². The van der Waals surface area contributed by atoms with Crippen LogP contribution in [0.5, 0.6) is 0 Å². The summed E-state index contributed by atoms with van der Waals surface area (Å²) in [4.78, 5) is 33.2. The molecule has 0 saturated carbocycles. The predicted molar refractivity (Wildman–Crippen MR) is 118 cm³/mol. The Labute approximate surface area is 206 Å². The molecule has 0 spiro atoms. The number of hydrogen-bond donors (Lipinski definition) is 3. The predicted octanol–water partition coefficient (Wildman–Crippen LogP) is 2.58. The maximum absolute atomic E-state index is 13.3. The van der Waals surface area contributed by atoms with Gasteiger partial charge in [0.05, 0.1) is 24.1 Å². The first-order valence-electron chi connectivity index (χ1n) is 11.1. The zero-order valence-electron chi connectivity index (χ0n) is 19.8. The fraction of sp³-hybridized carbons (Fsp3) is 0.571. The van der Waals surface area contributed by atoms with Gasteiger partial charge in [0.15, 0.2) is 0 Å². The fourth-order valence-electron chi connectivity index (χ4n) is 4.05. The van der Waals surface area contributed by atoms with Crippen LogP contribution in [-0.2, 0) is 21.9 Å².